The Kier molecular flexibility index (Phi) is 3.64. The van der Waals surface area contributed by atoms with Crippen LogP contribution in [0.2, 0.25) is 0 Å². The van der Waals surface area contributed by atoms with Crippen LogP contribution < -0.4 is 5.56 Å². The van der Waals surface area contributed by atoms with E-state index in [1.807, 2.05) is 4.90 Å². The number of piperidine rings is 1. The summed E-state index contributed by atoms with van der Waals surface area (Å²) in [4.78, 5) is 31.3. The van der Waals surface area contributed by atoms with E-state index in [1.165, 1.54) is 10.6 Å². The predicted octanol–water partition coefficient (Wildman–Crippen LogP) is 0.973. The predicted molar refractivity (Wildman–Crippen MR) is 86.3 cm³/mol. The normalized spacial score (nSPS) is 18.2. The first kappa shape index (κ1) is 14.7. The van der Waals surface area contributed by atoms with E-state index in [-0.39, 0.29) is 24.1 Å². The van der Waals surface area contributed by atoms with Crippen molar-refractivity contribution in [2.45, 2.75) is 31.8 Å². The molecule has 0 saturated carbocycles. The molecule has 0 radical (unpaired) electrons. The molecule has 0 unspecified atom stereocenters. The van der Waals surface area contributed by atoms with Gasteiger partial charge < -0.3 is 4.90 Å². The zero-order valence-corrected chi connectivity index (χ0v) is 13.1. The van der Waals surface area contributed by atoms with Gasteiger partial charge in [-0.15, -0.1) is 0 Å². The van der Waals surface area contributed by atoms with Crippen molar-refractivity contribution in [1.29, 1.82) is 0 Å². The molecule has 3 aromatic heterocycles. The largest absolute Gasteiger partial charge is 0.332 e. The Morgan fingerprint density at radius 1 is 1.38 bits per heavy atom. The second kappa shape index (κ2) is 5.95. The molecule has 1 aliphatic heterocycles. The van der Waals surface area contributed by atoms with Gasteiger partial charge in [-0.3, -0.25) is 19.4 Å². The maximum atomic E-state index is 12.7. The number of fused-ring (bicyclic) bond motifs is 1. The van der Waals surface area contributed by atoms with E-state index in [1.54, 1.807) is 35.4 Å². The fourth-order valence-corrected chi connectivity index (χ4v) is 3.28. The molecule has 1 saturated heterocycles. The fraction of sp³-hybridized carbons (Fsp3) is 0.375. The third-order valence-electron chi connectivity index (χ3n) is 4.42. The first-order chi connectivity index (χ1) is 11.7. The van der Waals surface area contributed by atoms with Gasteiger partial charge in [-0.05, 0) is 25.3 Å². The van der Waals surface area contributed by atoms with Crippen molar-refractivity contribution < 1.29 is 4.79 Å². The number of rotatable bonds is 3. The van der Waals surface area contributed by atoms with Crippen molar-refractivity contribution in [2.24, 2.45) is 0 Å². The molecular formula is C16H18N6O2. The second-order valence-corrected chi connectivity index (χ2v) is 5.98. The van der Waals surface area contributed by atoms with Crippen LogP contribution in [-0.2, 0) is 11.3 Å². The van der Waals surface area contributed by atoms with Crippen LogP contribution >= 0.6 is 0 Å². The summed E-state index contributed by atoms with van der Waals surface area (Å²) in [6, 6.07) is 4.91. The van der Waals surface area contributed by atoms with Crippen molar-refractivity contribution >= 4 is 11.6 Å². The summed E-state index contributed by atoms with van der Waals surface area (Å²) in [6.07, 6.45) is 7.90. The minimum atomic E-state index is -0.162. The van der Waals surface area contributed by atoms with Gasteiger partial charge in [0.1, 0.15) is 6.54 Å². The highest BCUT2D eigenvalue weighted by atomic mass is 16.2. The Balaban J connectivity index is 1.65. The number of aromatic amines is 1. The number of hydrogen-bond donors (Lipinski definition) is 1. The molecule has 3 aromatic rings. The molecule has 0 spiro atoms. The minimum Gasteiger partial charge on any atom is -0.332 e. The quantitative estimate of drug-likeness (QED) is 0.777. The SMILES string of the molecule is O=C(Cn1cccn1)N1CCCC[C@H]1c1cc(=O)n2[nH]ccc2n1. The molecule has 0 bridgehead atoms. The number of carbonyl (C=O) groups excluding carboxylic acids is 1. The highest BCUT2D eigenvalue weighted by Gasteiger charge is 2.29. The second-order valence-electron chi connectivity index (χ2n) is 5.98. The Labute approximate surface area is 137 Å². The van der Waals surface area contributed by atoms with Gasteiger partial charge in [0, 0.05) is 37.3 Å². The average molecular weight is 326 g/mol. The van der Waals surface area contributed by atoms with Gasteiger partial charge in [0.25, 0.3) is 5.56 Å². The molecule has 1 amide bonds. The highest BCUT2D eigenvalue weighted by molar-refractivity contribution is 5.76. The molecule has 0 aliphatic carbocycles. The lowest BCUT2D eigenvalue weighted by Crippen LogP contribution is -2.41. The van der Waals surface area contributed by atoms with Gasteiger partial charge >= 0.3 is 0 Å². The molecule has 4 heterocycles. The monoisotopic (exact) mass is 326 g/mol. The molecule has 1 aliphatic rings. The lowest BCUT2D eigenvalue weighted by Gasteiger charge is -2.35. The molecule has 24 heavy (non-hydrogen) atoms. The van der Waals surface area contributed by atoms with Crippen LogP contribution in [0.1, 0.15) is 31.0 Å². The average Bonchev–Trinajstić information content (AvgIpc) is 3.26. The van der Waals surface area contributed by atoms with E-state index in [0.717, 1.165) is 19.3 Å². The van der Waals surface area contributed by atoms with Crippen molar-refractivity contribution in [3.05, 3.63) is 52.8 Å². The molecule has 1 N–H and O–H groups in total. The Morgan fingerprint density at radius 3 is 3.12 bits per heavy atom. The van der Waals surface area contributed by atoms with Crippen molar-refractivity contribution in [3.8, 4) is 0 Å². The Hall–Kier alpha value is -2.90. The van der Waals surface area contributed by atoms with Gasteiger partial charge in [-0.1, -0.05) is 0 Å². The van der Waals surface area contributed by atoms with Gasteiger partial charge in [0.05, 0.1) is 11.7 Å². The first-order valence-electron chi connectivity index (χ1n) is 8.06. The van der Waals surface area contributed by atoms with Gasteiger partial charge in [0.15, 0.2) is 5.65 Å². The van der Waals surface area contributed by atoms with Crippen LogP contribution in [0.4, 0.5) is 0 Å². The molecule has 8 nitrogen and oxygen atoms in total. The van der Waals surface area contributed by atoms with Crippen LogP contribution in [0.5, 0.6) is 0 Å². The number of hydrogen-bond acceptors (Lipinski definition) is 4. The summed E-state index contributed by atoms with van der Waals surface area (Å²) < 4.78 is 3.01. The third kappa shape index (κ3) is 2.60. The van der Waals surface area contributed by atoms with Crippen LogP contribution in [0.15, 0.2) is 41.6 Å². The smallest absolute Gasteiger partial charge is 0.272 e. The number of nitrogens with zero attached hydrogens (tertiary/aromatic N) is 5. The molecule has 8 heteroatoms. The van der Waals surface area contributed by atoms with Gasteiger partial charge in [-0.2, -0.15) is 5.10 Å². The molecule has 124 valence electrons. The summed E-state index contributed by atoms with van der Waals surface area (Å²) >= 11 is 0. The number of amides is 1. The maximum Gasteiger partial charge on any atom is 0.272 e. The van der Waals surface area contributed by atoms with Crippen LogP contribution in [0, 0.1) is 0 Å². The van der Waals surface area contributed by atoms with E-state index in [0.29, 0.717) is 17.9 Å². The van der Waals surface area contributed by atoms with Crippen molar-refractivity contribution in [1.82, 2.24) is 29.3 Å². The van der Waals surface area contributed by atoms with E-state index < -0.39 is 0 Å². The molecule has 1 fully saturated rings. The Bertz CT molecular complexity index is 910. The zero-order chi connectivity index (χ0) is 16.5. The molecular weight excluding hydrogens is 308 g/mol. The van der Waals surface area contributed by atoms with Gasteiger partial charge in [0.2, 0.25) is 5.91 Å². The third-order valence-corrected chi connectivity index (χ3v) is 4.42. The first-order valence-corrected chi connectivity index (χ1v) is 8.06. The summed E-state index contributed by atoms with van der Waals surface area (Å²) in [5.74, 6) is -0.000493. The maximum absolute atomic E-state index is 12.7. The molecule has 4 rings (SSSR count). The molecule has 1 atom stereocenters. The van der Waals surface area contributed by atoms with Crippen LogP contribution in [-0.4, -0.2) is 41.7 Å². The number of carbonyl (C=O) groups is 1. The van der Waals surface area contributed by atoms with Crippen molar-refractivity contribution in [3.63, 3.8) is 0 Å². The molecule has 0 aromatic carbocycles. The van der Waals surface area contributed by atoms with E-state index in [2.05, 4.69) is 15.2 Å². The summed E-state index contributed by atoms with van der Waals surface area (Å²) in [5, 5.41) is 6.92. The van der Waals surface area contributed by atoms with Crippen LogP contribution in [0.3, 0.4) is 0 Å². The topological polar surface area (TPSA) is 88.3 Å². The van der Waals surface area contributed by atoms with Crippen molar-refractivity contribution in [2.75, 3.05) is 6.54 Å². The minimum absolute atomic E-state index is 0.000493. The summed E-state index contributed by atoms with van der Waals surface area (Å²) in [6.45, 7) is 0.883. The summed E-state index contributed by atoms with van der Waals surface area (Å²) in [5.41, 5.74) is 1.07. The number of nitrogens with one attached hydrogen (secondary N) is 1. The standard InChI is InChI=1S/C16H18N6O2/c23-15-10-12(19-14-5-7-18-22(14)15)13-4-1-2-9-21(13)16(24)11-20-8-3-6-17-20/h3,5-8,10,13,18H,1-2,4,9,11H2/t13-/m0/s1. The van der Waals surface area contributed by atoms with Crippen LogP contribution in [0.25, 0.3) is 5.65 Å². The number of likely N-dealkylation sites (tertiary alicyclic amines) is 1. The highest BCUT2D eigenvalue weighted by Crippen LogP contribution is 2.29. The number of H-pyrrole nitrogens is 1. The zero-order valence-electron chi connectivity index (χ0n) is 13.1. The van der Waals surface area contributed by atoms with Gasteiger partial charge in [-0.25, -0.2) is 9.50 Å². The number of aromatic nitrogens is 5. The van der Waals surface area contributed by atoms with E-state index in [9.17, 15) is 9.59 Å². The Morgan fingerprint density at radius 2 is 2.29 bits per heavy atom. The van der Waals surface area contributed by atoms with E-state index in [4.69, 9.17) is 0 Å². The summed E-state index contributed by atoms with van der Waals surface area (Å²) in [7, 11) is 0. The van der Waals surface area contributed by atoms with E-state index >= 15 is 0 Å². The lowest BCUT2D eigenvalue weighted by atomic mass is 9.99. The fourth-order valence-electron chi connectivity index (χ4n) is 3.28. The lowest BCUT2D eigenvalue weighted by molar-refractivity contribution is -0.136.